The van der Waals surface area contributed by atoms with Crippen molar-refractivity contribution >= 4 is 23.0 Å². The molecular weight excluding hydrogens is 412 g/mol. The predicted molar refractivity (Wildman–Crippen MR) is 135 cm³/mol. The molecule has 174 valence electrons. The minimum Gasteiger partial charge on any atom is -0.374 e. The van der Waals surface area contributed by atoms with E-state index in [0.717, 1.165) is 55.5 Å². The zero-order valence-corrected chi connectivity index (χ0v) is 20.0. The van der Waals surface area contributed by atoms with Gasteiger partial charge in [0.25, 0.3) is 0 Å². The normalized spacial score (nSPS) is 15.3. The van der Waals surface area contributed by atoms with Crippen molar-refractivity contribution in [3.63, 3.8) is 0 Å². The molecule has 2 aromatic carbocycles. The van der Waals surface area contributed by atoms with Crippen LogP contribution in [-0.2, 0) is 18.4 Å². The second-order valence-corrected chi connectivity index (χ2v) is 8.82. The Bertz CT molecular complexity index is 1070. The van der Waals surface area contributed by atoms with Crippen LogP contribution in [0, 0.1) is 13.8 Å². The van der Waals surface area contributed by atoms with Crippen molar-refractivity contribution in [2.75, 3.05) is 41.7 Å². The molecule has 2 N–H and O–H groups in total. The van der Waals surface area contributed by atoms with Gasteiger partial charge in [-0.15, -0.1) is 0 Å². The number of aromatic nitrogens is 2. The number of benzene rings is 2. The average molecular weight is 447 g/mol. The largest absolute Gasteiger partial charge is 0.374 e. The molecule has 0 aliphatic carbocycles. The molecule has 1 saturated heterocycles. The fourth-order valence-corrected chi connectivity index (χ4v) is 4.28. The molecule has 0 saturated carbocycles. The molecular formula is C26H34N6O. The minimum absolute atomic E-state index is 0.0761. The van der Waals surface area contributed by atoms with Crippen molar-refractivity contribution < 1.29 is 4.79 Å². The van der Waals surface area contributed by atoms with Gasteiger partial charge in [-0.05, 0) is 50.6 Å². The molecule has 7 heteroatoms. The Balaban J connectivity index is 1.28. The van der Waals surface area contributed by atoms with Crippen molar-refractivity contribution in [1.82, 2.24) is 14.7 Å². The van der Waals surface area contributed by atoms with E-state index in [2.05, 4.69) is 80.1 Å². The van der Waals surface area contributed by atoms with E-state index in [1.165, 1.54) is 11.3 Å². The number of anilines is 3. The van der Waals surface area contributed by atoms with E-state index in [9.17, 15) is 4.79 Å². The molecule has 7 nitrogen and oxygen atoms in total. The highest BCUT2D eigenvalue weighted by Crippen LogP contribution is 2.22. The summed E-state index contributed by atoms with van der Waals surface area (Å²) in [5.74, 6) is -0.0761. The highest BCUT2D eigenvalue weighted by atomic mass is 16.2. The number of nitrogens with zero attached hydrogens (tertiary/aromatic N) is 4. The molecule has 2 heterocycles. The SMILES string of the molecule is Cc1nn(C)c(C)c1NC(=O)C(C)Nc1ccc(N2CCN(Cc3ccccc3)CC2)cc1. The fourth-order valence-electron chi connectivity index (χ4n) is 4.28. The Kier molecular flexibility index (Phi) is 6.99. The maximum atomic E-state index is 12.7. The summed E-state index contributed by atoms with van der Waals surface area (Å²) < 4.78 is 1.78. The molecule has 4 rings (SSSR count). The smallest absolute Gasteiger partial charge is 0.246 e. The van der Waals surface area contributed by atoms with Crippen LogP contribution in [0.5, 0.6) is 0 Å². The van der Waals surface area contributed by atoms with Crippen LogP contribution >= 0.6 is 0 Å². The van der Waals surface area contributed by atoms with Gasteiger partial charge in [-0.3, -0.25) is 14.4 Å². The van der Waals surface area contributed by atoms with Crippen LogP contribution in [0.25, 0.3) is 0 Å². The molecule has 1 amide bonds. The van der Waals surface area contributed by atoms with Gasteiger partial charge in [-0.2, -0.15) is 5.10 Å². The van der Waals surface area contributed by atoms with Gasteiger partial charge < -0.3 is 15.5 Å². The maximum Gasteiger partial charge on any atom is 0.246 e. The third kappa shape index (κ3) is 5.54. The van der Waals surface area contributed by atoms with Gasteiger partial charge in [0.2, 0.25) is 5.91 Å². The quantitative estimate of drug-likeness (QED) is 0.578. The summed E-state index contributed by atoms with van der Waals surface area (Å²) in [6.45, 7) is 10.9. The zero-order valence-electron chi connectivity index (χ0n) is 20.0. The number of hydrogen-bond donors (Lipinski definition) is 2. The van der Waals surface area contributed by atoms with E-state index in [1.54, 1.807) is 4.68 Å². The molecule has 3 aromatic rings. The van der Waals surface area contributed by atoms with Crippen LogP contribution in [0.2, 0.25) is 0 Å². The summed E-state index contributed by atoms with van der Waals surface area (Å²) in [6, 6.07) is 18.7. The molecule has 0 radical (unpaired) electrons. The van der Waals surface area contributed by atoms with E-state index < -0.39 is 0 Å². The Hall–Kier alpha value is -3.32. The Labute approximate surface area is 196 Å². The lowest BCUT2D eigenvalue weighted by atomic mass is 10.2. The standard InChI is InChI=1S/C26H34N6O/c1-19-25(21(3)30(4)29-19)28-26(33)20(2)27-23-10-12-24(13-11-23)32-16-14-31(15-17-32)18-22-8-6-5-7-9-22/h5-13,20,27H,14-18H2,1-4H3,(H,28,33). The van der Waals surface area contributed by atoms with Gasteiger partial charge in [0.1, 0.15) is 6.04 Å². The molecule has 33 heavy (non-hydrogen) atoms. The number of hydrogen-bond acceptors (Lipinski definition) is 5. The van der Waals surface area contributed by atoms with E-state index >= 15 is 0 Å². The Morgan fingerprint density at radius 1 is 1.00 bits per heavy atom. The summed E-state index contributed by atoms with van der Waals surface area (Å²) in [5, 5.41) is 10.7. The first-order chi connectivity index (χ1) is 15.9. The molecule has 1 unspecified atom stereocenters. The van der Waals surface area contributed by atoms with Gasteiger partial charge in [0.05, 0.1) is 17.1 Å². The molecule has 1 aliphatic heterocycles. The summed E-state index contributed by atoms with van der Waals surface area (Å²) in [5.41, 5.74) is 6.08. The van der Waals surface area contributed by atoms with Crippen molar-refractivity contribution in [2.45, 2.75) is 33.4 Å². The van der Waals surface area contributed by atoms with Crippen molar-refractivity contribution in [3.8, 4) is 0 Å². The number of amides is 1. The molecule has 0 bridgehead atoms. The van der Waals surface area contributed by atoms with E-state index in [-0.39, 0.29) is 11.9 Å². The average Bonchev–Trinajstić information content (AvgIpc) is 3.06. The van der Waals surface area contributed by atoms with Gasteiger partial charge in [0.15, 0.2) is 0 Å². The lowest BCUT2D eigenvalue weighted by Gasteiger charge is -2.36. The molecule has 0 spiro atoms. The third-order valence-electron chi connectivity index (χ3n) is 6.39. The lowest BCUT2D eigenvalue weighted by molar-refractivity contribution is -0.116. The lowest BCUT2D eigenvalue weighted by Crippen LogP contribution is -2.45. The highest BCUT2D eigenvalue weighted by molar-refractivity contribution is 5.97. The van der Waals surface area contributed by atoms with E-state index in [4.69, 9.17) is 0 Å². The first-order valence-electron chi connectivity index (χ1n) is 11.6. The molecule has 1 aliphatic rings. The summed E-state index contributed by atoms with van der Waals surface area (Å²) >= 11 is 0. The van der Waals surface area contributed by atoms with E-state index in [1.807, 2.05) is 27.8 Å². The third-order valence-corrected chi connectivity index (χ3v) is 6.39. The predicted octanol–water partition coefficient (Wildman–Crippen LogP) is 3.80. The first-order valence-corrected chi connectivity index (χ1v) is 11.6. The number of aryl methyl sites for hydroxylation is 2. The Morgan fingerprint density at radius 3 is 2.27 bits per heavy atom. The molecule has 1 atom stereocenters. The highest BCUT2D eigenvalue weighted by Gasteiger charge is 2.19. The first kappa shape index (κ1) is 22.9. The maximum absolute atomic E-state index is 12.7. The molecule has 1 fully saturated rings. The van der Waals surface area contributed by atoms with Gasteiger partial charge in [-0.1, -0.05) is 30.3 Å². The van der Waals surface area contributed by atoms with Crippen LogP contribution in [-0.4, -0.2) is 52.8 Å². The number of carbonyl (C=O) groups excluding carboxylic acids is 1. The van der Waals surface area contributed by atoms with Crippen LogP contribution in [0.1, 0.15) is 23.9 Å². The second-order valence-electron chi connectivity index (χ2n) is 8.82. The van der Waals surface area contributed by atoms with Crippen molar-refractivity contribution in [1.29, 1.82) is 0 Å². The van der Waals surface area contributed by atoms with Gasteiger partial charge in [0, 0.05) is 51.1 Å². The Morgan fingerprint density at radius 2 is 1.67 bits per heavy atom. The minimum atomic E-state index is -0.364. The fraction of sp³-hybridized carbons (Fsp3) is 0.385. The van der Waals surface area contributed by atoms with Crippen LogP contribution in [0.15, 0.2) is 54.6 Å². The van der Waals surface area contributed by atoms with E-state index in [0.29, 0.717) is 0 Å². The monoisotopic (exact) mass is 446 g/mol. The topological polar surface area (TPSA) is 65.4 Å². The molecule has 1 aromatic heterocycles. The summed E-state index contributed by atoms with van der Waals surface area (Å²) in [4.78, 5) is 17.6. The summed E-state index contributed by atoms with van der Waals surface area (Å²) in [7, 11) is 1.88. The van der Waals surface area contributed by atoms with Gasteiger partial charge >= 0.3 is 0 Å². The number of rotatable bonds is 7. The van der Waals surface area contributed by atoms with Crippen LogP contribution in [0.3, 0.4) is 0 Å². The van der Waals surface area contributed by atoms with Crippen LogP contribution in [0.4, 0.5) is 17.1 Å². The van der Waals surface area contributed by atoms with Gasteiger partial charge in [-0.25, -0.2) is 0 Å². The summed E-state index contributed by atoms with van der Waals surface area (Å²) in [6.07, 6.45) is 0. The van der Waals surface area contributed by atoms with Crippen LogP contribution < -0.4 is 15.5 Å². The zero-order chi connectivity index (χ0) is 23.4. The van der Waals surface area contributed by atoms with Crippen molar-refractivity contribution in [2.24, 2.45) is 7.05 Å². The number of nitrogens with one attached hydrogen (secondary N) is 2. The number of piperazine rings is 1. The second kappa shape index (κ2) is 10.1. The number of carbonyl (C=O) groups is 1. The van der Waals surface area contributed by atoms with Crippen molar-refractivity contribution in [3.05, 3.63) is 71.5 Å².